The summed E-state index contributed by atoms with van der Waals surface area (Å²) in [6, 6.07) is 15.0. The van der Waals surface area contributed by atoms with Crippen LogP contribution in [0.25, 0.3) is 10.8 Å². The average Bonchev–Trinajstić information content (AvgIpc) is 2.61. The van der Waals surface area contributed by atoms with Crippen LogP contribution in [0.1, 0.15) is 20.8 Å². The van der Waals surface area contributed by atoms with Crippen molar-refractivity contribution in [1.29, 1.82) is 0 Å². The van der Waals surface area contributed by atoms with E-state index in [9.17, 15) is 0 Å². The molecule has 2 rings (SSSR count). The Kier molecular flexibility index (Phi) is 7.37. The molecule has 0 unspecified atom stereocenters. The maximum absolute atomic E-state index is 3.61. The molecule has 1 N–H and O–H groups in total. The average molecular weight is 313 g/mol. The monoisotopic (exact) mass is 313 g/mol. The number of fused-ring (bicyclic) bond motifs is 1. The molecule has 0 aliphatic heterocycles. The Morgan fingerprint density at radius 2 is 1.39 bits per heavy atom. The summed E-state index contributed by atoms with van der Waals surface area (Å²) in [5, 5.41) is 6.22. The quantitative estimate of drug-likeness (QED) is 0.717. The van der Waals surface area contributed by atoms with Gasteiger partial charge in [-0.15, -0.1) is 0 Å². The zero-order valence-corrected chi connectivity index (χ0v) is 14.9. The third-order valence-electron chi connectivity index (χ3n) is 4.61. The molecule has 23 heavy (non-hydrogen) atoms. The summed E-state index contributed by atoms with van der Waals surface area (Å²) >= 11 is 0. The Morgan fingerprint density at radius 3 is 2.13 bits per heavy atom. The van der Waals surface area contributed by atoms with Crippen LogP contribution < -0.4 is 5.32 Å². The molecule has 0 amide bonds. The zero-order valence-electron chi connectivity index (χ0n) is 14.9. The number of hydrogen-bond acceptors (Lipinski definition) is 3. The van der Waals surface area contributed by atoms with E-state index in [1.54, 1.807) is 0 Å². The summed E-state index contributed by atoms with van der Waals surface area (Å²) < 4.78 is 0. The number of benzene rings is 2. The Labute approximate surface area is 141 Å². The van der Waals surface area contributed by atoms with Crippen molar-refractivity contribution < 1.29 is 0 Å². The highest BCUT2D eigenvalue weighted by Gasteiger charge is 2.06. The number of rotatable bonds is 10. The molecule has 3 nitrogen and oxygen atoms in total. The molecule has 3 heteroatoms. The van der Waals surface area contributed by atoms with Crippen molar-refractivity contribution in [3.63, 3.8) is 0 Å². The van der Waals surface area contributed by atoms with Crippen LogP contribution in [-0.2, 0) is 0 Å². The normalized spacial score (nSPS) is 11.5. The Hall–Kier alpha value is -1.58. The molecular formula is C20H31N3. The van der Waals surface area contributed by atoms with E-state index in [0.717, 1.165) is 45.8 Å². The van der Waals surface area contributed by atoms with Crippen molar-refractivity contribution in [2.75, 3.05) is 51.1 Å². The van der Waals surface area contributed by atoms with Crippen LogP contribution in [0.5, 0.6) is 0 Å². The van der Waals surface area contributed by atoms with Crippen molar-refractivity contribution in [3.05, 3.63) is 42.5 Å². The fraction of sp³-hybridized carbons (Fsp3) is 0.500. The van der Waals surface area contributed by atoms with Crippen molar-refractivity contribution in [3.8, 4) is 0 Å². The second-order valence-corrected chi connectivity index (χ2v) is 5.91. The van der Waals surface area contributed by atoms with Crippen LogP contribution in [0.15, 0.2) is 42.5 Å². The maximum Gasteiger partial charge on any atom is 0.0420 e. The molecule has 0 atom stereocenters. The minimum atomic E-state index is 0.986. The number of anilines is 1. The first-order valence-corrected chi connectivity index (χ1v) is 8.94. The van der Waals surface area contributed by atoms with Crippen molar-refractivity contribution >= 4 is 16.5 Å². The molecule has 0 fully saturated rings. The molecule has 2 aromatic carbocycles. The van der Waals surface area contributed by atoms with E-state index in [4.69, 9.17) is 0 Å². The molecule has 0 aromatic heterocycles. The van der Waals surface area contributed by atoms with E-state index in [-0.39, 0.29) is 0 Å². The second-order valence-electron chi connectivity index (χ2n) is 5.91. The molecule has 0 spiro atoms. The molecule has 126 valence electrons. The molecule has 0 bridgehead atoms. The first kappa shape index (κ1) is 17.8. The van der Waals surface area contributed by atoms with Gasteiger partial charge in [0.1, 0.15) is 0 Å². The molecule has 0 radical (unpaired) electrons. The minimum absolute atomic E-state index is 0.986. The summed E-state index contributed by atoms with van der Waals surface area (Å²) in [5.74, 6) is 0. The SMILES string of the molecule is CCN(CC)CCN(CC)CCNc1cccc2ccccc12. The molecule has 0 heterocycles. The van der Waals surface area contributed by atoms with E-state index in [2.05, 4.69) is 78.4 Å². The van der Waals surface area contributed by atoms with Gasteiger partial charge in [0, 0.05) is 37.3 Å². The lowest BCUT2D eigenvalue weighted by Crippen LogP contribution is -2.37. The van der Waals surface area contributed by atoms with Gasteiger partial charge < -0.3 is 15.1 Å². The third kappa shape index (κ3) is 5.22. The minimum Gasteiger partial charge on any atom is -0.383 e. The standard InChI is InChI=1S/C20H31N3/c1-4-22(5-2)16-17-23(6-3)15-14-21-20-13-9-11-18-10-7-8-12-19(18)20/h7-13,21H,4-6,14-17H2,1-3H3. The van der Waals surface area contributed by atoms with Crippen LogP contribution in [-0.4, -0.2) is 55.6 Å². The highest BCUT2D eigenvalue weighted by Crippen LogP contribution is 2.22. The van der Waals surface area contributed by atoms with Crippen molar-refractivity contribution in [2.45, 2.75) is 20.8 Å². The molecular weight excluding hydrogens is 282 g/mol. The van der Waals surface area contributed by atoms with Gasteiger partial charge >= 0.3 is 0 Å². The fourth-order valence-electron chi connectivity index (χ4n) is 2.98. The van der Waals surface area contributed by atoms with Crippen molar-refractivity contribution in [1.82, 2.24) is 9.80 Å². The largest absolute Gasteiger partial charge is 0.383 e. The van der Waals surface area contributed by atoms with Gasteiger partial charge in [-0.2, -0.15) is 0 Å². The van der Waals surface area contributed by atoms with Gasteiger partial charge in [-0.05, 0) is 31.1 Å². The first-order chi connectivity index (χ1) is 11.3. The van der Waals surface area contributed by atoms with Crippen LogP contribution in [0.3, 0.4) is 0 Å². The number of hydrogen-bond donors (Lipinski definition) is 1. The Bertz CT molecular complexity index is 573. The van der Waals surface area contributed by atoms with Crippen LogP contribution >= 0.6 is 0 Å². The lowest BCUT2D eigenvalue weighted by Gasteiger charge is -2.25. The summed E-state index contributed by atoms with van der Waals surface area (Å²) in [7, 11) is 0. The smallest absolute Gasteiger partial charge is 0.0420 e. The molecule has 0 aliphatic carbocycles. The van der Waals surface area contributed by atoms with Gasteiger partial charge in [-0.3, -0.25) is 0 Å². The fourth-order valence-corrected chi connectivity index (χ4v) is 2.98. The van der Waals surface area contributed by atoms with Gasteiger partial charge in [0.05, 0.1) is 0 Å². The highest BCUT2D eigenvalue weighted by atomic mass is 15.2. The van der Waals surface area contributed by atoms with E-state index in [1.807, 2.05) is 0 Å². The molecule has 0 saturated carbocycles. The van der Waals surface area contributed by atoms with E-state index in [0.29, 0.717) is 0 Å². The van der Waals surface area contributed by atoms with Gasteiger partial charge in [-0.1, -0.05) is 57.2 Å². The van der Waals surface area contributed by atoms with Crippen LogP contribution in [0.4, 0.5) is 5.69 Å². The lowest BCUT2D eigenvalue weighted by atomic mass is 10.1. The van der Waals surface area contributed by atoms with E-state index in [1.165, 1.54) is 16.5 Å². The summed E-state index contributed by atoms with van der Waals surface area (Å²) in [6.07, 6.45) is 0. The Balaban J connectivity index is 1.85. The van der Waals surface area contributed by atoms with Gasteiger partial charge in [0.15, 0.2) is 0 Å². The van der Waals surface area contributed by atoms with Crippen LogP contribution in [0, 0.1) is 0 Å². The lowest BCUT2D eigenvalue weighted by molar-refractivity contribution is 0.225. The van der Waals surface area contributed by atoms with Gasteiger partial charge in [-0.25, -0.2) is 0 Å². The highest BCUT2D eigenvalue weighted by molar-refractivity contribution is 5.93. The number of nitrogens with one attached hydrogen (secondary N) is 1. The van der Waals surface area contributed by atoms with Crippen molar-refractivity contribution in [2.24, 2.45) is 0 Å². The van der Waals surface area contributed by atoms with Gasteiger partial charge in [0.2, 0.25) is 0 Å². The maximum atomic E-state index is 3.61. The number of likely N-dealkylation sites (N-methyl/N-ethyl adjacent to an activating group) is 2. The summed E-state index contributed by atoms with van der Waals surface area (Å²) in [5.41, 5.74) is 1.24. The topological polar surface area (TPSA) is 18.5 Å². The predicted molar refractivity (Wildman–Crippen MR) is 102 cm³/mol. The summed E-state index contributed by atoms with van der Waals surface area (Å²) in [6.45, 7) is 14.5. The third-order valence-corrected chi connectivity index (χ3v) is 4.61. The predicted octanol–water partition coefficient (Wildman–Crippen LogP) is 3.92. The Morgan fingerprint density at radius 1 is 0.739 bits per heavy atom. The van der Waals surface area contributed by atoms with Gasteiger partial charge in [0.25, 0.3) is 0 Å². The summed E-state index contributed by atoms with van der Waals surface area (Å²) in [4.78, 5) is 5.01. The zero-order chi connectivity index (χ0) is 16.5. The van der Waals surface area contributed by atoms with E-state index >= 15 is 0 Å². The van der Waals surface area contributed by atoms with Crippen LogP contribution in [0.2, 0.25) is 0 Å². The molecule has 2 aromatic rings. The first-order valence-electron chi connectivity index (χ1n) is 8.94. The second kappa shape index (κ2) is 9.53. The molecule has 0 saturated heterocycles. The van der Waals surface area contributed by atoms with E-state index < -0.39 is 0 Å². The molecule has 0 aliphatic rings. The number of nitrogens with zero attached hydrogens (tertiary/aromatic N) is 2.